The lowest BCUT2D eigenvalue weighted by atomic mass is 9.79. The molecule has 2 atom stereocenters. The van der Waals surface area contributed by atoms with Crippen LogP contribution in [0.25, 0.3) is 0 Å². The average molecular weight is 563 g/mol. The van der Waals surface area contributed by atoms with Gasteiger partial charge in [-0.15, -0.1) is 0 Å². The van der Waals surface area contributed by atoms with E-state index in [1.165, 1.54) is 12.1 Å². The standard InChI is InChI=1S/C29H33F7O3/c1-2-3-4-18-5-9-20(10-6-18)28(33,34)38-22-12-7-19(8-13-22)26-14-11-21(17-37-26)29(35,36)39-23-15-24(30)27(32)25(31)16-23/h7-8,12-13,15-16,18,20-21,26H,2-6,9-11,14,17H2,1H3. The largest absolute Gasteiger partial charge is 0.432 e. The molecule has 2 aromatic rings. The molecule has 1 saturated heterocycles. The molecule has 3 nitrogen and oxygen atoms in total. The van der Waals surface area contributed by atoms with E-state index in [4.69, 9.17) is 9.47 Å². The highest BCUT2D eigenvalue weighted by molar-refractivity contribution is 5.29. The molecule has 0 radical (unpaired) electrons. The molecule has 0 spiro atoms. The van der Waals surface area contributed by atoms with Gasteiger partial charge in [0.2, 0.25) is 0 Å². The fraction of sp³-hybridized carbons (Fsp3) is 0.586. The van der Waals surface area contributed by atoms with Crippen molar-refractivity contribution in [2.24, 2.45) is 17.8 Å². The summed E-state index contributed by atoms with van der Waals surface area (Å²) in [5.74, 6) is -7.61. The van der Waals surface area contributed by atoms with Crippen molar-refractivity contribution in [3.8, 4) is 11.5 Å². The van der Waals surface area contributed by atoms with Gasteiger partial charge in [0.25, 0.3) is 0 Å². The molecule has 0 bridgehead atoms. The Bertz CT molecular complexity index is 1050. The lowest BCUT2D eigenvalue weighted by Gasteiger charge is -2.34. The van der Waals surface area contributed by atoms with Crippen molar-refractivity contribution >= 4 is 0 Å². The van der Waals surface area contributed by atoms with Crippen molar-refractivity contribution in [2.45, 2.75) is 83.0 Å². The fourth-order valence-corrected chi connectivity index (χ4v) is 5.38. The summed E-state index contributed by atoms with van der Waals surface area (Å²) in [5.41, 5.74) is 0.618. The Morgan fingerprint density at radius 1 is 0.769 bits per heavy atom. The number of rotatable bonds is 10. The SMILES string of the molecule is CCCCC1CCC(C(F)(F)Oc2ccc(C3CCC(C(F)(F)Oc4cc(F)c(F)c(F)c4)CO3)cc2)CC1. The Morgan fingerprint density at radius 2 is 1.33 bits per heavy atom. The van der Waals surface area contributed by atoms with Crippen LogP contribution >= 0.6 is 0 Å². The first-order valence-electron chi connectivity index (χ1n) is 13.5. The zero-order chi connectivity index (χ0) is 28.2. The third-order valence-electron chi connectivity index (χ3n) is 7.76. The molecule has 1 aliphatic carbocycles. The number of alkyl halides is 4. The van der Waals surface area contributed by atoms with Crippen molar-refractivity contribution in [2.75, 3.05) is 6.61 Å². The third-order valence-corrected chi connectivity index (χ3v) is 7.76. The molecule has 0 aromatic heterocycles. The van der Waals surface area contributed by atoms with Crippen LogP contribution in [0.4, 0.5) is 30.7 Å². The molecule has 2 fully saturated rings. The summed E-state index contributed by atoms with van der Waals surface area (Å²) < 4.78 is 114. The van der Waals surface area contributed by atoms with E-state index in [-0.39, 0.29) is 18.6 Å². The van der Waals surface area contributed by atoms with E-state index < -0.39 is 60.0 Å². The molecule has 0 N–H and O–H groups in total. The summed E-state index contributed by atoms with van der Waals surface area (Å²) in [7, 11) is 0. The maximum absolute atomic E-state index is 14.8. The van der Waals surface area contributed by atoms with E-state index in [9.17, 15) is 30.7 Å². The second kappa shape index (κ2) is 12.4. The van der Waals surface area contributed by atoms with Crippen molar-refractivity contribution in [3.63, 3.8) is 0 Å². The minimum Gasteiger partial charge on any atom is -0.432 e. The van der Waals surface area contributed by atoms with Crippen LogP contribution in [0.3, 0.4) is 0 Å². The van der Waals surface area contributed by atoms with Crippen molar-refractivity contribution in [1.82, 2.24) is 0 Å². The Balaban J connectivity index is 1.28. The first kappa shape index (κ1) is 29.5. The van der Waals surface area contributed by atoms with Gasteiger partial charge in [-0.1, -0.05) is 38.3 Å². The smallest absolute Gasteiger partial charge is 0.402 e. The van der Waals surface area contributed by atoms with Gasteiger partial charge >= 0.3 is 12.2 Å². The van der Waals surface area contributed by atoms with Crippen LogP contribution in [0.15, 0.2) is 36.4 Å². The highest BCUT2D eigenvalue weighted by Gasteiger charge is 2.46. The molecular formula is C29H33F7O3. The van der Waals surface area contributed by atoms with Crippen LogP contribution in [0.1, 0.15) is 76.4 Å². The topological polar surface area (TPSA) is 27.7 Å². The second-order valence-electron chi connectivity index (χ2n) is 10.6. The van der Waals surface area contributed by atoms with E-state index in [0.717, 1.165) is 32.1 Å². The highest BCUT2D eigenvalue weighted by atomic mass is 19.3. The van der Waals surface area contributed by atoms with Crippen LogP contribution in [-0.4, -0.2) is 18.8 Å². The summed E-state index contributed by atoms with van der Waals surface area (Å²) in [5, 5.41) is 0. The van der Waals surface area contributed by atoms with Crippen molar-refractivity contribution < 1.29 is 44.9 Å². The first-order valence-corrected chi connectivity index (χ1v) is 13.5. The predicted octanol–water partition coefficient (Wildman–Crippen LogP) is 9.21. The summed E-state index contributed by atoms with van der Waals surface area (Å²) in [6.07, 6.45) is -1.80. The first-order chi connectivity index (χ1) is 18.5. The molecule has 2 aliphatic rings. The van der Waals surface area contributed by atoms with Gasteiger partial charge in [0.1, 0.15) is 11.5 Å². The summed E-state index contributed by atoms with van der Waals surface area (Å²) in [4.78, 5) is 0. The van der Waals surface area contributed by atoms with Gasteiger partial charge < -0.3 is 14.2 Å². The molecule has 39 heavy (non-hydrogen) atoms. The minimum absolute atomic E-state index is 0.0178. The summed E-state index contributed by atoms with van der Waals surface area (Å²) in [6, 6.07) is 6.67. The number of unbranched alkanes of at least 4 members (excludes halogenated alkanes) is 1. The Kier molecular flexibility index (Phi) is 9.34. The highest BCUT2D eigenvalue weighted by Crippen LogP contribution is 2.42. The molecule has 2 aromatic carbocycles. The second-order valence-corrected chi connectivity index (χ2v) is 10.6. The maximum atomic E-state index is 14.8. The normalized spacial score (nSPS) is 24.4. The van der Waals surface area contributed by atoms with Gasteiger partial charge in [-0.05, 0) is 62.1 Å². The van der Waals surface area contributed by atoms with Gasteiger partial charge in [-0.2, -0.15) is 17.6 Å². The zero-order valence-corrected chi connectivity index (χ0v) is 21.7. The fourth-order valence-electron chi connectivity index (χ4n) is 5.38. The van der Waals surface area contributed by atoms with E-state index in [1.54, 1.807) is 12.1 Å². The Labute approximate surface area is 223 Å². The molecular weight excluding hydrogens is 529 g/mol. The zero-order valence-electron chi connectivity index (χ0n) is 21.7. The van der Waals surface area contributed by atoms with Crippen molar-refractivity contribution in [1.29, 1.82) is 0 Å². The van der Waals surface area contributed by atoms with E-state index in [2.05, 4.69) is 11.7 Å². The van der Waals surface area contributed by atoms with Gasteiger partial charge in [0.15, 0.2) is 17.5 Å². The number of ether oxygens (including phenoxy) is 3. The van der Waals surface area contributed by atoms with Gasteiger partial charge in [-0.25, -0.2) is 13.2 Å². The van der Waals surface area contributed by atoms with Crippen molar-refractivity contribution in [3.05, 3.63) is 59.4 Å². The number of benzene rings is 2. The minimum atomic E-state index is -3.82. The van der Waals surface area contributed by atoms with E-state index in [0.29, 0.717) is 36.5 Å². The molecule has 1 saturated carbocycles. The Morgan fingerprint density at radius 3 is 1.90 bits per heavy atom. The number of halogens is 7. The van der Waals surface area contributed by atoms with Crippen LogP contribution in [-0.2, 0) is 4.74 Å². The van der Waals surface area contributed by atoms with Crippen LogP contribution < -0.4 is 9.47 Å². The average Bonchev–Trinajstić information content (AvgIpc) is 2.91. The molecule has 216 valence electrons. The Hall–Kier alpha value is -2.49. The molecule has 0 amide bonds. The summed E-state index contributed by atoms with van der Waals surface area (Å²) >= 11 is 0. The molecule has 2 unspecified atom stereocenters. The monoisotopic (exact) mass is 562 g/mol. The predicted molar refractivity (Wildman–Crippen MR) is 130 cm³/mol. The van der Waals surface area contributed by atoms with E-state index in [1.807, 2.05) is 0 Å². The lowest BCUT2D eigenvalue weighted by Crippen LogP contribution is -2.40. The quantitative estimate of drug-likeness (QED) is 0.213. The molecule has 10 heteroatoms. The lowest BCUT2D eigenvalue weighted by molar-refractivity contribution is -0.241. The number of hydrogen-bond donors (Lipinski definition) is 0. The maximum Gasteiger partial charge on any atom is 0.402 e. The summed E-state index contributed by atoms with van der Waals surface area (Å²) in [6.45, 7) is 1.71. The van der Waals surface area contributed by atoms with Crippen LogP contribution in [0.5, 0.6) is 11.5 Å². The molecule has 4 rings (SSSR count). The van der Waals surface area contributed by atoms with Crippen LogP contribution in [0, 0.1) is 35.2 Å². The van der Waals surface area contributed by atoms with Gasteiger partial charge in [-0.3, -0.25) is 0 Å². The van der Waals surface area contributed by atoms with Gasteiger partial charge in [0.05, 0.1) is 24.5 Å². The van der Waals surface area contributed by atoms with Gasteiger partial charge in [0, 0.05) is 12.1 Å². The van der Waals surface area contributed by atoms with E-state index >= 15 is 0 Å². The molecule has 1 heterocycles. The molecule has 1 aliphatic heterocycles. The number of hydrogen-bond acceptors (Lipinski definition) is 3. The van der Waals surface area contributed by atoms with Crippen LogP contribution in [0.2, 0.25) is 0 Å². The third kappa shape index (κ3) is 7.38.